The van der Waals surface area contributed by atoms with E-state index in [2.05, 4.69) is 16.0 Å². The summed E-state index contributed by atoms with van der Waals surface area (Å²) in [6.45, 7) is 5.47. The van der Waals surface area contributed by atoms with Gasteiger partial charge in [-0.25, -0.2) is 35.1 Å². The van der Waals surface area contributed by atoms with Gasteiger partial charge in [-0.05, 0) is 158 Å². The average Bonchev–Trinajstić information content (AvgIpc) is 2.00. The van der Waals surface area contributed by atoms with E-state index in [9.17, 15) is 50.4 Å². The van der Waals surface area contributed by atoms with Crippen molar-refractivity contribution >= 4 is 17.1 Å². The lowest BCUT2D eigenvalue weighted by Crippen LogP contribution is -2.24. The minimum absolute atomic E-state index is 0.0110. The van der Waals surface area contributed by atoms with Crippen LogP contribution in [0.25, 0.3) is 0 Å². The van der Waals surface area contributed by atoms with Crippen molar-refractivity contribution in [1.29, 1.82) is 0 Å². The van der Waals surface area contributed by atoms with Gasteiger partial charge in [0, 0.05) is 68.2 Å². The first-order valence-corrected chi connectivity index (χ1v) is 28.7. The largest absolute Gasteiger partial charge is 0.497 e. The van der Waals surface area contributed by atoms with Gasteiger partial charge in [-0.2, -0.15) is 0 Å². The number of hydrogen-bond donors (Lipinski definition) is 9. The summed E-state index contributed by atoms with van der Waals surface area (Å²) in [5.74, 6) is -4.71. The number of rotatable bonds is 27. The highest BCUT2D eigenvalue weighted by Crippen LogP contribution is 2.52. The monoisotopic (exact) mass is 1210 g/mol. The third kappa shape index (κ3) is 17.5. The third-order valence-electron chi connectivity index (χ3n) is 16.6. The van der Waals surface area contributed by atoms with Gasteiger partial charge in [-0.15, -0.1) is 0 Å². The van der Waals surface area contributed by atoms with Gasteiger partial charge in [0.15, 0.2) is 23.1 Å². The molecule has 9 rings (SSSR count). The van der Waals surface area contributed by atoms with Crippen molar-refractivity contribution in [1.82, 2.24) is 0 Å². The Hall–Kier alpha value is -6.68. The molecule has 3 aliphatic carbocycles. The van der Waals surface area contributed by atoms with Crippen LogP contribution in [0.15, 0.2) is 78.9 Å². The van der Waals surface area contributed by atoms with E-state index in [1.165, 1.54) is 45.6 Å². The highest BCUT2D eigenvalue weighted by molar-refractivity contribution is 5.61. The summed E-state index contributed by atoms with van der Waals surface area (Å²) in [6.07, 6.45) is 3.80. The summed E-state index contributed by atoms with van der Waals surface area (Å²) in [7, 11) is 3.96. The first-order chi connectivity index (χ1) is 40.9. The third-order valence-corrected chi connectivity index (χ3v) is 16.6. The molecule has 12 nitrogen and oxygen atoms in total. The quantitative estimate of drug-likeness (QED) is 0.0223. The summed E-state index contributed by atoms with van der Waals surface area (Å²) >= 11 is 0. The molecule has 0 spiro atoms. The molecular formula is C66H79F8N3O9. The number of anilines is 3. The molecule has 3 fully saturated rings. The highest BCUT2D eigenvalue weighted by Gasteiger charge is 2.46. The van der Waals surface area contributed by atoms with Crippen LogP contribution >= 0.6 is 0 Å². The molecule has 6 aromatic rings. The fourth-order valence-corrected chi connectivity index (χ4v) is 10.8. The van der Waals surface area contributed by atoms with Gasteiger partial charge < -0.3 is 60.8 Å². The minimum Gasteiger partial charge on any atom is -0.497 e. The molecule has 0 aromatic heterocycles. The summed E-state index contributed by atoms with van der Waals surface area (Å²) < 4.78 is 132. The standard InChI is InChI=1S/2C22H26F3NO3.C22H27F2NO3/c2*1-13-3-4-14(17(23)7-13)8-16-20(25)19(29-2)9-18(24)21(16)26-12-22(5-6-22)10-15(28)11-27;1-14-3-4-15(19(23)7-14)8-16-9-18(28-2)10-20(24)21(16)25-13-22(5-6-22)11-17(27)12-26/h2*3-4,7,9,15,26-28H,5-6,8,10-12H2,1-2H3;3-4,7,9-10,17,25-27H,5-6,8,11-13H2,1-2H3. The van der Waals surface area contributed by atoms with E-state index in [1.807, 2.05) is 13.0 Å². The molecule has 0 heterocycles. The molecule has 86 heavy (non-hydrogen) atoms. The van der Waals surface area contributed by atoms with Crippen LogP contribution in [0.2, 0.25) is 0 Å². The number of hydrogen-bond acceptors (Lipinski definition) is 12. The van der Waals surface area contributed by atoms with E-state index in [-0.39, 0.29) is 106 Å². The van der Waals surface area contributed by atoms with Crippen LogP contribution in [0.4, 0.5) is 52.2 Å². The Balaban J connectivity index is 0.000000185. The topological polar surface area (TPSA) is 185 Å². The number of aliphatic hydroxyl groups is 6. The lowest BCUT2D eigenvalue weighted by atomic mass is 9.97. The zero-order chi connectivity index (χ0) is 62.7. The van der Waals surface area contributed by atoms with Gasteiger partial charge in [0.1, 0.15) is 40.7 Å². The number of methoxy groups -OCH3 is 3. The Morgan fingerprint density at radius 1 is 0.407 bits per heavy atom. The zero-order valence-electron chi connectivity index (χ0n) is 49.4. The Morgan fingerprint density at radius 3 is 1.03 bits per heavy atom. The predicted molar refractivity (Wildman–Crippen MR) is 314 cm³/mol. The van der Waals surface area contributed by atoms with Crippen molar-refractivity contribution in [3.05, 3.63) is 175 Å². The van der Waals surface area contributed by atoms with Crippen LogP contribution in [-0.4, -0.2) is 110 Å². The van der Waals surface area contributed by atoms with Crippen LogP contribution in [0, 0.1) is 83.6 Å². The molecule has 468 valence electrons. The van der Waals surface area contributed by atoms with E-state index in [0.29, 0.717) is 61.5 Å². The van der Waals surface area contributed by atoms with Crippen LogP contribution in [0.1, 0.15) is 108 Å². The Bertz CT molecular complexity index is 3140. The molecule has 3 atom stereocenters. The molecule has 9 N–H and O–H groups in total. The highest BCUT2D eigenvalue weighted by atomic mass is 19.2. The Kier molecular flexibility index (Phi) is 22.8. The number of aliphatic hydroxyl groups excluding tert-OH is 6. The summed E-state index contributed by atoms with van der Waals surface area (Å²) in [4.78, 5) is 0. The second-order valence-corrected chi connectivity index (χ2v) is 23.6. The zero-order valence-corrected chi connectivity index (χ0v) is 49.4. The minimum atomic E-state index is -0.849. The number of nitrogens with one attached hydrogen (secondary N) is 3. The molecule has 3 saturated carbocycles. The van der Waals surface area contributed by atoms with E-state index in [4.69, 9.17) is 29.5 Å². The molecular weight excluding hydrogens is 1130 g/mol. The van der Waals surface area contributed by atoms with Crippen LogP contribution in [0.5, 0.6) is 17.2 Å². The lowest BCUT2D eigenvalue weighted by molar-refractivity contribution is 0.0717. The summed E-state index contributed by atoms with van der Waals surface area (Å²) in [5, 5.41) is 65.6. The van der Waals surface area contributed by atoms with Crippen molar-refractivity contribution < 1.29 is 80.0 Å². The second-order valence-electron chi connectivity index (χ2n) is 23.6. The average molecular weight is 1210 g/mol. The molecule has 0 radical (unpaired) electrons. The van der Waals surface area contributed by atoms with E-state index in [1.54, 1.807) is 50.2 Å². The molecule has 3 unspecified atom stereocenters. The fourth-order valence-electron chi connectivity index (χ4n) is 10.8. The maximum Gasteiger partial charge on any atom is 0.170 e. The van der Waals surface area contributed by atoms with Crippen molar-refractivity contribution in [2.24, 2.45) is 16.2 Å². The van der Waals surface area contributed by atoms with E-state index >= 15 is 0 Å². The van der Waals surface area contributed by atoms with Gasteiger partial charge in [-0.3, -0.25) is 0 Å². The lowest BCUT2D eigenvalue weighted by Gasteiger charge is -2.22. The smallest absolute Gasteiger partial charge is 0.170 e. The van der Waals surface area contributed by atoms with E-state index < -0.39 is 59.0 Å². The number of ether oxygens (including phenoxy) is 3. The molecule has 0 aliphatic heterocycles. The number of aryl methyl sites for hydroxylation is 3. The van der Waals surface area contributed by atoms with Crippen LogP contribution < -0.4 is 30.2 Å². The van der Waals surface area contributed by atoms with Crippen LogP contribution in [-0.2, 0) is 19.3 Å². The second kappa shape index (κ2) is 29.3. The molecule has 0 amide bonds. The maximum atomic E-state index is 15.0. The Morgan fingerprint density at radius 2 is 0.733 bits per heavy atom. The molecule has 0 saturated heterocycles. The molecule has 6 aromatic carbocycles. The SMILES string of the molecule is COc1cc(F)c(NCC2(CC(O)CO)CC2)c(Cc2ccc(C)cc2F)c1.COc1cc(F)c(NCC2(CC(O)CO)CC2)c(Cc2ccc(C)cc2F)c1F.COc1cc(F)c(NCC2(CC(O)CO)CC2)c(Cc2ccc(C)cc2F)c1F. The fraction of sp³-hybridized carbons (Fsp3) is 0.455. The van der Waals surface area contributed by atoms with Crippen molar-refractivity contribution in [2.75, 3.05) is 76.7 Å². The van der Waals surface area contributed by atoms with Gasteiger partial charge >= 0.3 is 0 Å². The first-order valence-electron chi connectivity index (χ1n) is 28.7. The summed E-state index contributed by atoms with van der Waals surface area (Å²) in [6, 6.07) is 19.2. The Labute approximate surface area is 497 Å². The normalized spacial score (nSPS) is 15.9. The van der Waals surface area contributed by atoms with Gasteiger partial charge in [0.05, 0.1) is 76.5 Å². The molecule has 20 heteroatoms. The van der Waals surface area contributed by atoms with Crippen molar-refractivity contribution in [3.63, 3.8) is 0 Å². The van der Waals surface area contributed by atoms with Gasteiger partial charge in [0.2, 0.25) is 0 Å². The first kappa shape index (κ1) is 66.8. The van der Waals surface area contributed by atoms with Gasteiger partial charge in [-0.1, -0.05) is 36.4 Å². The number of benzene rings is 6. The van der Waals surface area contributed by atoms with Crippen molar-refractivity contribution in [3.8, 4) is 17.2 Å². The number of halogens is 8. The maximum absolute atomic E-state index is 15.0. The van der Waals surface area contributed by atoms with Gasteiger partial charge in [0.25, 0.3) is 0 Å². The summed E-state index contributed by atoms with van der Waals surface area (Å²) in [5.41, 5.74) is 3.46. The predicted octanol–water partition coefficient (Wildman–Crippen LogP) is 11.7. The van der Waals surface area contributed by atoms with Crippen LogP contribution in [0.3, 0.4) is 0 Å². The van der Waals surface area contributed by atoms with E-state index in [0.717, 1.165) is 67.3 Å². The molecule has 3 aliphatic rings. The molecule has 0 bridgehead atoms. The van der Waals surface area contributed by atoms with Crippen molar-refractivity contribution in [2.45, 2.75) is 116 Å².